The summed E-state index contributed by atoms with van der Waals surface area (Å²) in [4.78, 5) is 12.2. The van der Waals surface area contributed by atoms with Crippen molar-refractivity contribution in [3.8, 4) is 5.75 Å². The first-order valence-corrected chi connectivity index (χ1v) is 7.62. The number of aliphatic hydroxyl groups excluding tert-OH is 1. The molecule has 1 amide bonds. The molecule has 2 rings (SSSR count). The van der Waals surface area contributed by atoms with E-state index in [1.807, 2.05) is 24.3 Å². The fourth-order valence-corrected chi connectivity index (χ4v) is 2.56. The van der Waals surface area contributed by atoms with E-state index < -0.39 is 6.10 Å². The minimum absolute atomic E-state index is 0.101. The van der Waals surface area contributed by atoms with Crippen LogP contribution in [0.25, 0.3) is 0 Å². The Morgan fingerprint density at radius 1 is 1.48 bits per heavy atom. The normalized spacial score (nSPS) is 18.1. The van der Waals surface area contributed by atoms with Gasteiger partial charge in [0.25, 0.3) is 5.91 Å². The average molecular weight is 292 g/mol. The molecule has 0 spiro atoms. The van der Waals surface area contributed by atoms with Crippen LogP contribution in [-0.2, 0) is 4.79 Å². The largest absolute Gasteiger partial charge is 0.477 e. The summed E-state index contributed by atoms with van der Waals surface area (Å²) in [5.74, 6) is 0.938. The molecule has 1 aromatic rings. The van der Waals surface area contributed by atoms with Crippen molar-refractivity contribution in [2.24, 2.45) is 5.92 Å². The van der Waals surface area contributed by atoms with E-state index >= 15 is 0 Å². The van der Waals surface area contributed by atoms with Crippen LogP contribution in [0.1, 0.15) is 26.2 Å². The maximum Gasteiger partial charge on any atom is 0.262 e. The Kier molecular flexibility index (Phi) is 5.87. The number of hydrogen-bond acceptors (Lipinski definition) is 4. The van der Waals surface area contributed by atoms with Crippen LogP contribution in [0.5, 0.6) is 5.75 Å². The lowest BCUT2D eigenvalue weighted by Gasteiger charge is -2.27. The van der Waals surface area contributed by atoms with Crippen molar-refractivity contribution in [2.75, 3.05) is 25.0 Å². The molecule has 0 saturated heterocycles. The van der Waals surface area contributed by atoms with Crippen LogP contribution in [0.2, 0.25) is 0 Å². The number of amides is 1. The van der Waals surface area contributed by atoms with Crippen LogP contribution in [0.4, 0.5) is 5.69 Å². The minimum atomic E-state index is -0.503. The first kappa shape index (κ1) is 15.6. The lowest BCUT2D eigenvalue weighted by atomic mass is 10.00. The number of anilines is 1. The second-order valence-electron chi connectivity index (χ2n) is 5.40. The fourth-order valence-electron chi connectivity index (χ4n) is 2.56. The molecule has 1 aliphatic rings. The quantitative estimate of drug-likeness (QED) is 0.716. The Morgan fingerprint density at radius 2 is 2.29 bits per heavy atom. The molecular formula is C16H24N2O3. The van der Waals surface area contributed by atoms with E-state index in [-0.39, 0.29) is 12.5 Å². The summed E-state index contributed by atoms with van der Waals surface area (Å²) in [6, 6.07) is 7.61. The number of hydrogen-bond donors (Lipinski definition) is 3. The molecule has 0 radical (unpaired) electrons. The molecule has 0 fully saturated rings. The van der Waals surface area contributed by atoms with Gasteiger partial charge in [0.2, 0.25) is 0 Å². The van der Waals surface area contributed by atoms with Gasteiger partial charge in [0.15, 0.2) is 6.10 Å². The third-order valence-electron chi connectivity index (χ3n) is 3.73. The van der Waals surface area contributed by atoms with Crippen LogP contribution >= 0.6 is 0 Å². The summed E-state index contributed by atoms with van der Waals surface area (Å²) in [6.45, 7) is 3.34. The molecule has 3 N–H and O–H groups in total. The molecule has 0 aliphatic carbocycles. The van der Waals surface area contributed by atoms with Crippen LogP contribution < -0.4 is 15.4 Å². The Hall–Kier alpha value is -1.75. The average Bonchev–Trinajstić information content (AvgIpc) is 2.52. The van der Waals surface area contributed by atoms with Gasteiger partial charge in [-0.05, 0) is 30.9 Å². The van der Waals surface area contributed by atoms with Gasteiger partial charge in [-0.1, -0.05) is 25.5 Å². The number of rotatable bonds is 7. The van der Waals surface area contributed by atoms with Gasteiger partial charge in [-0.2, -0.15) is 0 Å². The van der Waals surface area contributed by atoms with E-state index in [0.29, 0.717) is 24.8 Å². The van der Waals surface area contributed by atoms with Crippen molar-refractivity contribution >= 4 is 11.6 Å². The Morgan fingerprint density at radius 3 is 3.05 bits per heavy atom. The van der Waals surface area contributed by atoms with Crippen LogP contribution in [0, 0.1) is 5.92 Å². The molecule has 1 heterocycles. The predicted octanol–water partition coefficient (Wildman–Crippen LogP) is 1.77. The highest BCUT2D eigenvalue weighted by atomic mass is 16.5. The molecule has 116 valence electrons. The van der Waals surface area contributed by atoms with Crippen molar-refractivity contribution in [2.45, 2.75) is 32.3 Å². The van der Waals surface area contributed by atoms with Gasteiger partial charge in [-0.3, -0.25) is 4.79 Å². The van der Waals surface area contributed by atoms with Crippen molar-refractivity contribution in [1.82, 2.24) is 5.32 Å². The number of carbonyl (C=O) groups is 1. The molecule has 1 aliphatic heterocycles. The molecular weight excluding hydrogens is 268 g/mol. The molecule has 0 aromatic heterocycles. The number of ether oxygens (including phenoxy) is 1. The van der Waals surface area contributed by atoms with Crippen LogP contribution in [0.15, 0.2) is 24.3 Å². The van der Waals surface area contributed by atoms with Gasteiger partial charge >= 0.3 is 0 Å². The van der Waals surface area contributed by atoms with Crippen molar-refractivity contribution in [1.29, 1.82) is 0 Å². The molecule has 0 bridgehead atoms. The molecule has 2 atom stereocenters. The first-order valence-electron chi connectivity index (χ1n) is 7.62. The zero-order chi connectivity index (χ0) is 15.1. The summed E-state index contributed by atoms with van der Waals surface area (Å²) in [7, 11) is 0. The van der Waals surface area contributed by atoms with E-state index in [4.69, 9.17) is 9.84 Å². The summed E-state index contributed by atoms with van der Waals surface area (Å²) < 4.78 is 5.72. The highest BCUT2D eigenvalue weighted by Crippen LogP contribution is 2.28. The zero-order valence-corrected chi connectivity index (χ0v) is 12.5. The zero-order valence-electron chi connectivity index (χ0n) is 12.5. The van der Waals surface area contributed by atoms with Gasteiger partial charge in [-0.15, -0.1) is 0 Å². The second kappa shape index (κ2) is 7.88. The predicted molar refractivity (Wildman–Crippen MR) is 82.5 cm³/mol. The van der Waals surface area contributed by atoms with Gasteiger partial charge in [-0.25, -0.2) is 0 Å². The number of fused-ring (bicyclic) bond motifs is 1. The number of aliphatic hydroxyl groups is 1. The topological polar surface area (TPSA) is 70.6 Å². The Bertz CT molecular complexity index is 459. The Balaban J connectivity index is 1.84. The van der Waals surface area contributed by atoms with E-state index in [0.717, 1.165) is 24.9 Å². The molecule has 2 unspecified atom stereocenters. The minimum Gasteiger partial charge on any atom is -0.477 e. The summed E-state index contributed by atoms with van der Waals surface area (Å²) >= 11 is 0. The van der Waals surface area contributed by atoms with E-state index in [2.05, 4.69) is 17.6 Å². The lowest BCUT2D eigenvalue weighted by molar-refractivity contribution is -0.127. The summed E-state index contributed by atoms with van der Waals surface area (Å²) in [6.07, 6.45) is 2.28. The third kappa shape index (κ3) is 4.36. The van der Waals surface area contributed by atoms with Crippen LogP contribution in [0.3, 0.4) is 0 Å². The molecule has 1 aromatic carbocycles. The lowest BCUT2D eigenvalue weighted by Crippen LogP contribution is -2.46. The molecule has 0 saturated carbocycles. The van der Waals surface area contributed by atoms with E-state index in [9.17, 15) is 4.79 Å². The van der Waals surface area contributed by atoms with E-state index in [1.165, 1.54) is 0 Å². The van der Waals surface area contributed by atoms with Crippen molar-refractivity contribution in [3.63, 3.8) is 0 Å². The Labute approximate surface area is 125 Å². The monoisotopic (exact) mass is 292 g/mol. The molecule has 5 nitrogen and oxygen atoms in total. The first-order chi connectivity index (χ1) is 10.2. The SMILES string of the molecule is CCCC(CCO)CNC(=O)C1CNc2ccccc2O1. The molecule has 5 heteroatoms. The third-order valence-corrected chi connectivity index (χ3v) is 3.73. The van der Waals surface area contributed by atoms with Gasteiger partial charge in [0.05, 0.1) is 12.2 Å². The summed E-state index contributed by atoms with van der Waals surface area (Å²) in [5.41, 5.74) is 0.922. The van der Waals surface area contributed by atoms with Gasteiger partial charge in [0, 0.05) is 13.2 Å². The number of para-hydroxylation sites is 2. The van der Waals surface area contributed by atoms with Gasteiger partial charge < -0.3 is 20.5 Å². The maximum atomic E-state index is 12.2. The highest BCUT2D eigenvalue weighted by molar-refractivity contribution is 5.83. The van der Waals surface area contributed by atoms with Crippen molar-refractivity contribution < 1.29 is 14.6 Å². The fraction of sp³-hybridized carbons (Fsp3) is 0.562. The smallest absolute Gasteiger partial charge is 0.262 e. The second-order valence-corrected chi connectivity index (χ2v) is 5.40. The highest BCUT2D eigenvalue weighted by Gasteiger charge is 2.25. The van der Waals surface area contributed by atoms with Crippen LogP contribution in [-0.4, -0.2) is 36.8 Å². The maximum absolute atomic E-state index is 12.2. The number of benzene rings is 1. The summed E-state index contributed by atoms with van der Waals surface area (Å²) in [5, 5.41) is 15.2. The van der Waals surface area contributed by atoms with Crippen molar-refractivity contribution in [3.05, 3.63) is 24.3 Å². The molecule has 21 heavy (non-hydrogen) atoms. The number of carbonyl (C=O) groups excluding carboxylic acids is 1. The van der Waals surface area contributed by atoms with Gasteiger partial charge in [0.1, 0.15) is 5.75 Å². The standard InChI is InChI=1S/C16H24N2O3/c1-2-5-12(8-9-19)10-18-16(20)15-11-17-13-6-3-4-7-14(13)21-15/h3-4,6-7,12,15,17,19H,2,5,8-11H2,1H3,(H,18,20). The van der Waals surface area contributed by atoms with E-state index in [1.54, 1.807) is 0 Å². The number of nitrogens with one attached hydrogen (secondary N) is 2.